The lowest BCUT2D eigenvalue weighted by atomic mass is 10.2. The van der Waals surface area contributed by atoms with E-state index < -0.39 is 0 Å². The third-order valence-corrected chi connectivity index (χ3v) is 3.89. The Kier molecular flexibility index (Phi) is 6.71. The first-order chi connectivity index (χ1) is 11.1. The number of ether oxygens (including phenoxy) is 1. The molecule has 0 fully saturated rings. The molecule has 0 saturated heterocycles. The average Bonchev–Trinajstić information content (AvgIpc) is 2.55. The molecule has 2 aromatic rings. The van der Waals surface area contributed by atoms with Crippen molar-refractivity contribution in [3.8, 4) is 5.75 Å². The van der Waals surface area contributed by atoms with Gasteiger partial charge in [0, 0.05) is 25.1 Å². The number of amides is 1. The highest BCUT2D eigenvalue weighted by Gasteiger charge is 2.09. The number of methoxy groups -OCH3 is 1. The van der Waals surface area contributed by atoms with Gasteiger partial charge in [-0.2, -0.15) is 0 Å². The van der Waals surface area contributed by atoms with Gasteiger partial charge in [0.1, 0.15) is 5.75 Å². The molecule has 0 aliphatic carbocycles. The molecule has 122 valence electrons. The Balaban J connectivity index is 1.79. The molecular formula is C17H18Cl2N2O2. The molecule has 2 rings (SSSR count). The van der Waals surface area contributed by atoms with Gasteiger partial charge in [-0.25, -0.2) is 0 Å². The number of nitrogens with one attached hydrogen (secondary N) is 2. The van der Waals surface area contributed by atoms with E-state index in [1.54, 1.807) is 25.3 Å². The maximum atomic E-state index is 12.0. The van der Waals surface area contributed by atoms with Gasteiger partial charge in [0.05, 0.1) is 22.8 Å². The molecule has 0 radical (unpaired) electrons. The zero-order valence-electron chi connectivity index (χ0n) is 12.7. The van der Waals surface area contributed by atoms with Gasteiger partial charge < -0.3 is 15.4 Å². The van der Waals surface area contributed by atoms with E-state index in [9.17, 15) is 4.79 Å². The summed E-state index contributed by atoms with van der Waals surface area (Å²) in [6.45, 7) is 1.16. The molecule has 1 amide bonds. The predicted octanol–water partition coefficient (Wildman–Crippen LogP) is 4.12. The number of carbonyl (C=O) groups excluding carboxylic acids is 1. The summed E-state index contributed by atoms with van der Waals surface area (Å²) in [5.74, 6) is 0.680. The zero-order chi connectivity index (χ0) is 16.7. The van der Waals surface area contributed by atoms with Crippen LogP contribution >= 0.6 is 23.2 Å². The van der Waals surface area contributed by atoms with Crippen molar-refractivity contribution in [1.29, 1.82) is 0 Å². The van der Waals surface area contributed by atoms with Gasteiger partial charge in [0.15, 0.2) is 0 Å². The zero-order valence-corrected chi connectivity index (χ0v) is 14.2. The Hall–Kier alpha value is -1.75. The SMILES string of the molecule is COc1ccccc1CNCCC(=O)Nc1c(Cl)cccc1Cl. The minimum absolute atomic E-state index is 0.146. The standard InChI is InChI=1S/C17H18Cl2N2O2/c1-23-15-8-3-2-5-12(15)11-20-10-9-16(22)21-17-13(18)6-4-7-14(17)19/h2-8,20H,9-11H2,1H3,(H,21,22). The Morgan fingerprint density at radius 3 is 2.48 bits per heavy atom. The number of benzene rings is 2. The molecule has 0 atom stereocenters. The van der Waals surface area contributed by atoms with Crippen LogP contribution < -0.4 is 15.4 Å². The normalized spacial score (nSPS) is 10.4. The van der Waals surface area contributed by atoms with Crippen molar-refractivity contribution in [3.05, 3.63) is 58.1 Å². The van der Waals surface area contributed by atoms with Crippen molar-refractivity contribution < 1.29 is 9.53 Å². The largest absolute Gasteiger partial charge is 0.496 e. The van der Waals surface area contributed by atoms with Crippen LogP contribution in [0, 0.1) is 0 Å². The highest BCUT2D eigenvalue weighted by atomic mass is 35.5. The van der Waals surface area contributed by atoms with Gasteiger partial charge in [-0.05, 0) is 18.2 Å². The highest BCUT2D eigenvalue weighted by molar-refractivity contribution is 6.39. The minimum Gasteiger partial charge on any atom is -0.496 e. The first kappa shape index (κ1) is 17.6. The third-order valence-electron chi connectivity index (χ3n) is 3.26. The summed E-state index contributed by atoms with van der Waals surface area (Å²) in [5.41, 5.74) is 1.50. The van der Waals surface area contributed by atoms with Crippen LogP contribution in [0.1, 0.15) is 12.0 Å². The fourth-order valence-corrected chi connectivity index (χ4v) is 2.59. The highest BCUT2D eigenvalue weighted by Crippen LogP contribution is 2.29. The molecule has 0 heterocycles. The Bertz CT molecular complexity index is 657. The molecule has 0 spiro atoms. The number of hydrogen-bond acceptors (Lipinski definition) is 3. The van der Waals surface area contributed by atoms with E-state index in [0.29, 0.717) is 35.2 Å². The summed E-state index contributed by atoms with van der Waals surface area (Å²) in [7, 11) is 1.64. The van der Waals surface area contributed by atoms with Crippen molar-refractivity contribution in [2.24, 2.45) is 0 Å². The van der Waals surface area contributed by atoms with Gasteiger partial charge in [-0.15, -0.1) is 0 Å². The van der Waals surface area contributed by atoms with Crippen molar-refractivity contribution >= 4 is 34.8 Å². The quantitative estimate of drug-likeness (QED) is 0.737. The summed E-state index contributed by atoms with van der Waals surface area (Å²) in [6, 6.07) is 12.9. The number of anilines is 1. The Labute approximate surface area is 145 Å². The molecule has 0 aliphatic heterocycles. The summed E-state index contributed by atoms with van der Waals surface area (Å²) in [6.07, 6.45) is 0.316. The smallest absolute Gasteiger partial charge is 0.225 e. The summed E-state index contributed by atoms with van der Waals surface area (Å²) in [5, 5.41) is 6.80. The maximum absolute atomic E-state index is 12.0. The van der Waals surface area contributed by atoms with Crippen LogP contribution in [0.25, 0.3) is 0 Å². The van der Waals surface area contributed by atoms with Crippen LogP contribution in [-0.4, -0.2) is 19.6 Å². The molecule has 0 saturated carbocycles. The van der Waals surface area contributed by atoms with Crippen LogP contribution in [-0.2, 0) is 11.3 Å². The van der Waals surface area contributed by atoms with Gasteiger partial charge in [-0.1, -0.05) is 47.5 Å². The number of para-hydroxylation sites is 2. The van der Waals surface area contributed by atoms with E-state index in [2.05, 4.69) is 10.6 Å². The minimum atomic E-state index is -0.146. The topological polar surface area (TPSA) is 50.4 Å². The number of carbonyl (C=O) groups is 1. The molecule has 2 N–H and O–H groups in total. The van der Waals surface area contributed by atoms with Gasteiger partial charge in [-0.3, -0.25) is 4.79 Å². The fraction of sp³-hybridized carbons (Fsp3) is 0.235. The molecule has 6 heteroatoms. The van der Waals surface area contributed by atoms with Crippen molar-refractivity contribution in [2.75, 3.05) is 19.0 Å². The van der Waals surface area contributed by atoms with E-state index >= 15 is 0 Å². The first-order valence-corrected chi connectivity index (χ1v) is 7.94. The predicted molar refractivity (Wildman–Crippen MR) is 94.4 cm³/mol. The van der Waals surface area contributed by atoms with E-state index in [-0.39, 0.29) is 5.91 Å². The molecule has 0 unspecified atom stereocenters. The second-order valence-corrected chi connectivity index (χ2v) is 5.70. The summed E-state index contributed by atoms with van der Waals surface area (Å²) in [4.78, 5) is 12.0. The number of halogens is 2. The lowest BCUT2D eigenvalue weighted by molar-refractivity contribution is -0.116. The second-order valence-electron chi connectivity index (χ2n) is 4.88. The second kappa shape index (κ2) is 8.77. The van der Waals surface area contributed by atoms with Crippen LogP contribution in [0.4, 0.5) is 5.69 Å². The monoisotopic (exact) mass is 352 g/mol. The van der Waals surface area contributed by atoms with E-state index in [1.165, 1.54) is 0 Å². The van der Waals surface area contributed by atoms with E-state index in [0.717, 1.165) is 11.3 Å². The van der Waals surface area contributed by atoms with Crippen LogP contribution in [0.15, 0.2) is 42.5 Å². The lowest BCUT2D eigenvalue weighted by Crippen LogP contribution is -2.22. The van der Waals surface area contributed by atoms with E-state index in [1.807, 2.05) is 24.3 Å². The Morgan fingerprint density at radius 2 is 1.78 bits per heavy atom. The van der Waals surface area contributed by atoms with Crippen LogP contribution in [0.3, 0.4) is 0 Å². The molecule has 0 aromatic heterocycles. The van der Waals surface area contributed by atoms with Crippen LogP contribution in [0.5, 0.6) is 5.75 Å². The molecule has 4 nitrogen and oxygen atoms in total. The molecule has 23 heavy (non-hydrogen) atoms. The van der Waals surface area contributed by atoms with Gasteiger partial charge in [0.25, 0.3) is 0 Å². The summed E-state index contributed by atoms with van der Waals surface area (Å²) >= 11 is 12.0. The van der Waals surface area contributed by atoms with Crippen molar-refractivity contribution in [3.63, 3.8) is 0 Å². The van der Waals surface area contributed by atoms with Gasteiger partial charge >= 0.3 is 0 Å². The van der Waals surface area contributed by atoms with Crippen LogP contribution in [0.2, 0.25) is 10.0 Å². The van der Waals surface area contributed by atoms with Gasteiger partial charge in [0.2, 0.25) is 5.91 Å². The number of rotatable bonds is 7. The first-order valence-electron chi connectivity index (χ1n) is 7.18. The molecular weight excluding hydrogens is 335 g/mol. The molecule has 2 aromatic carbocycles. The average molecular weight is 353 g/mol. The Morgan fingerprint density at radius 1 is 1.09 bits per heavy atom. The van der Waals surface area contributed by atoms with Crippen molar-refractivity contribution in [1.82, 2.24) is 5.32 Å². The van der Waals surface area contributed by atoms with E-state index in [4.69, 9.17) is 27.9 Å². The number of hydrogen-bond donors (Lipinski definition) is 2. The maximum Gasteiger partial charge on any atom is 0.225 e. The molecule has 0 bridgehead atoms. The van der Waals surface area contributed by atoms with Crippen molar-refractivity contribution in [2.45, 2.75) is 13.0 Å². The fourth-order valence-electron chi connectivity index (χ4n) is 2.09. The molecule has 0 aliphatic rings. The third kappa shape index (κ3) is 5.13. The summed E-state index contributed by atoms with van der Waals surface area (Å²) < 4.78 is 5.28. The lowest BCUT2D eigenvalue weighted by Gasteiger charge is -2.11.